The maximum atomic E-state index is 11.9. The van der Waals surface area contributed by atoms with E-state index in [0.717, 1.165) is 11.3 Å². The highest BCUT2D eigenvalue weighted by Gasteiger charge is 2.20. The molecule has 0 aliphatic carbocycles. The summed E-state index contributed by atoms with van der Waals surface area (Å²) in [6.45, 7) is 0. The number of carbonyl (C=O) groups excluding carboxylic acids is 2. The van der Waals surface area contributed by atoms with Crippen LogP contribution in [0.4, 0.5) is 0 Å². The smallest absolute Gasteiger partial charge is 0.265 e. The van der Waals surface area contributed by atoms with Crippen molar-refractivity contribution in [2.45, 2.75) is 12.8 Å². The molecule has 3 rings (SSSR count). The molecule has 3 heterocycles. The van der Waals surface area contributed by atoms with Crippen molar-refractivity contribution in [1.82, 2.24) is 20.2 Å². The first-order chi connectivity index (χ1) is 10.7. The Bertz CT molecular complexity index is 778. The Kier molecular flexibility index (Phi) is 3.86. The number of aromatic amines is 1. The number of H-pyrrole nitrogens is 1. The molecule has 0 aliphatic rings. The Morgan fingerprint density at radius 1 is 1.18 bits per heavy atom. The zero-order chi connectivity index (χ0) is 15.4. The van der Waals surface area contributed by atoms with Gasteiger partial charge >= 0.3 is 0 Å². The number of nitrogens with zero attached hydrogens (tertiary/aromatic N) is 3. The van der Waals surface area contributed by atoms with Crippen LogP contribution in [0.1, 0.15) is 27.5 Å². The van der Waals surface area contributed by atoms with Crippen LogP contribution in [-0.2, 0) is 17.6 Å². The van der Waals surface area contributed by atoms with Crippen LogP contribution in [-0.4, -0.2) is 31.7 Å². The van der Waals surface area contributed by atoms with Gasteiger partial charge in [0.15, 0.2) is 5.82 Å². The molecule has 0 fully saturated rings. The number of pyridine rings is 1. The lowest BCUT2D eigenvalue weighted by atomic mass is 10.1. The van der Waals surface area contributed by atoms with Gasteiger partial charge in [-0.25, -0.2) is 4.98 Å². The van der Waals surface area contributed by atoms with E-state index in [4.69, 9.17) is 4.42 Å². The van der Waals surface area contributed by atoms with Crippen LogP contribution < -0.4 is 0 Å². The Morgan fingerprint density at radius 2 is 2.00 bits per heavy atom. The molecule has 0 radical (unpaired) electrons. The standard InChI is InChI=1S/C15H12N4O3/c20-13(14(21)15-17-9-18-19-15)7-11-6-12(22-8-11)5-10-1-3-16-4-2-10/h1-4,6,8-9H,5,7H2,(H,17,18,19). The molecule has 0 spiro atoms. The van der Waals surface area contributed by atoms with E-state index < -0.39 is 11.6 Å². The topological polar surface area (TPSA) is 102 Å². The second-order valence-electron chi connectivity index (χ2n) is 4.72. The third kappa shape index (κ3) is 3.14. The number of carbonyl (C=O) groups is 2. The minimum absolute atomic E-state index is 0.0284. The molecule has 110 valence electrons. The summed E-state index contributed by atoms with van der Waals surface area (Å²) in [7, 11) is 0. The van der Waals surface area contributed by atoms with Gasteiger partial charge in [-0.05, 0) is 29.3 Å². The van der Waals surface area contributed by atoms with Gasteiger partial charge in [-0.2, -0.15) is 5.10 Å². The predicted molar refractivity (Wildman–Crippen MR) is 75.2 cm³/mol. The van der Waals surface area contributed by atoms with E-state index in [1.807, 2.05) is 12.1 Å². The van der Waals surface area contributed by atoms with Crippen molar-refractivity contribution in [2.24, 2.45) is 0 Å². The Hall–Kier alpha value is -3.09. The lowest BCUT2D eigenvalue weighted by Gasteiger charge is -1.96. The third-order valence-electron chi connectivity index (χ3n) is 3.08. The second kappa shape index (κ2) is 6.13. The summed E-state index contributed by atoms with van der Waals surface area (Å²) in [6, 6.07) is 5.55. The van der Waals surface area contributed by atoms with Crippen molar-refractivity contribution in [3.8, 4) is 0 Å². The highest BCUT2D eigenvalue weighted by atomic mass is 16.3. The summed E-state index contributed by atoms with van der Waals surface area (Å²) in [4.78, 5) is 31.3. The van der Waals surface area contributed by atoms with Crippen molar-refractivity contribution in [3.63, 3.8) is 0 Å². The number of rotatable bonds is 6. The lowest BCUT2D eigenvalue weighted by molar-refractivity contribution is -0.114. The summed E-state index contributed by atoms with van der Waals surface area (Å²) in [5, 5.41) is 5.93. The molecule has 1 N–H and O–H groups in total. The zero-order valence-electron chi connectivity index (χ0n) is 11.5. The summed E-state index contributed by atoms with van der Waals surface area (Å²) in [5.41, 5.74) is 1.71. The fourth-order valence-electron chi connectivity index (χ4n) is 2.03. The van der Waals surface area contributed by atoms with Crippen LogP contribution in [0.5, 0.6) is 0 Å². The quantitative estimate of drug-likeness (QED) is 0.544. The van der Waals surface area contributed by atoms with Gasteiger partial charge in [0.1, 0.15) is 12.1 Å². The van der Waals surface area contributed by atoms with Gasteiger partial charge in [-0.15, -0.1) is 0 Å². The van der Waals surface area contributed by atoms with Gasteiger partial charge in [0.05, 0.1) is 6.26 Å². The summed E-state index contributed by atoms with van der Waals surface area (Å²) < 4.78 is 5.42. The first-order valence-corrected chi connectivity index (χ1v) is 6.60. The van der Waals surface area contributed by atoms with E-state index in [2.05, 4.69) is 20.2 Å². The molecule has 0 unspecified atom stereocenters. The first kappa shape index (κ1) is 13.9. The van der Waals surface area contributed by atoms with Crippen LogP contribution in [0.3, 0.4) is 0 Å². The summed E-state index contributed by atoms with van der Waals surface area (Å²) in [5.74, 6) is -0.575. The molecule has 0 atom stereocenters. The minimum atomic E-state index is -0.686. The van der Waals surface area contributed by atoms with Crippen LogP contribution >= 0.6 is 0 Å². The van der Waals surface area contributed by atoms with Crippen LogP contribution in [0.2, 0.25) is 0 Å². The van der Waals surface area contributed by atoms with Gasteiger partial charge in [0.2, 0.25) is 5.78 Å². The number of hydrogen-bond acceptors (Lipinski definition) is 6. The van der Waals surface area contributed by atoms with Gasteiger partial charge in [-0.1, -0.05) is 0 Å². The van der Waals surface area contributed by atoms with Crippen molar-refractivity contribution >= 4 is 11.6 Å². The third-order valence-corrected chi connectivity index (χ3v) is 3.08. The maximum absolute atomic E-state index is 11.9. The largest absolute Gasteiger partial charge is 0.469 e. The first-order valence-electron chi connectivity index (χ1n) is 6.60. The normalized spacial score (nSPS) is 10.5. The van der Waals surface area contributed by atoms with Gasteiger partial charge in [-0.3, -0.25) is 19.7 Å². The minimum Gasteiger partial charge on any atom is -0.469 e. The van der Waals surface area contributed by atoms with E-state index in [-0.39, 0.29) is 12.2 Å². The van der Waals surface area contributed by atoms with Gasteiger partial charge in [0, 0.05) is 25.2 Å². The molecule has 0 amide bonds. The highest BCUT2D eigenvalue weighted by molar-refractivity contribution is 6.43. The highest BCUT2D eigenvalue weighted by Crippen LogP contribution is 2.14. The lowest BCUT2D eigenvalue weighted by Crippen LogP contribution is -2.17. The number of Topliss-reactive ketones (excluding diaryl/α,β-unsaturated/α-hetero) is 2. The Balaban J connectivity index is 1.64. The molecule has 7 heteroatoms. The molecule has 0 saturated carbocycles. The van der Waals surface area contributed by atoms with E-state index in [1.54, 1.807) is 18.5 Å². The average Bonchev–Trinajstić information content (AvgIpc) is 3.19. The number of hydrogen-bond donors (Lipinski definition) is 1. The van der Waals surface area contributed by atoms with Crippen molar-refractivity contribution in [2.75, 3.05) is 0 Å². The van der Waals surface area contributed by atoms with Gasteiger partial charge in [0.25, 0.3) is 5.78 Å². The predicted octanol–water partition coefficient (Wildman–Crippen LogP) is 1.38. The SMILES string of the molecule is O=C(Cc1coc(Cc2ccncc2)c1)C(=O)c1ncn[nH]1. The molecular formula is C15H12N4O3. The Labute approximate surface area is 125 Å². The second-order valence-corrected chi connectivity index (χ2v) is 4.72. The molecule has 0 aliphatic heterocycles. The number of furan rings is 1. The molecule has 0 aromatic carbocycles. The molecule has 7 nitrogen and oxygen atoms in total. The van der Waals surface area contributed by atoms with E-state index >= 15 is 0 Å². The van der Waals surface area contributed by atoms with E-state index in [0.29, 0.717) is 12.0 Å². The zero-order valence-corrected chi connectivity index (χ0v) is 11.5. The van der Waals surface area contributed by atoms with Gasteiger partial charge < -0.3 is 4.42 Å². The monoisotopic (exact) mass is 296 g/mol. The average molecular weight is 296 g/mol. The van der Waals surface area contributed by atoms with Crippen molar-refractivity contribution < 1.29 is 14.0 Å². The Morgan fingerprint density at radius 3 is 2.73 bits per heavy atom. The molecule has 0 bridgehead atoms. The van der Waals surface area contributed by atoms with E-state index in [9.17, 15) is 9.59 Å². The molecule has 0 saturated heterocycles. The molecular weight excluding hydrogens is 284 g/mol. The molecule has 3 aromatic heterocycles. The molecule has 3 aromatic rings. The number of ketones is 2. The summed E-state index contributed by atoms with van der Waals surface area (Å²) in [6.07, 6.45) is 6.66. The van der Waals surface area contributed by atoms with Crippen LogP contribution in [0.15, 0.2) is 47.6 Å². The van der Waals surface area contributed by atoms with Crippen LogP contribution in [0.25, 0.3) is 0 Å². The van der Waals surface area contributed by atoms with Crippen molar-refractivity contribution in [1.29, 1.82) is 0 Å². The number of nitrogens with one attached hydrogen (secondary N) is 1. The van der Waals surface area contributed by atoms with Crippen LogP contribution in [0, 0.1) is 0 Å². The maximum Gasteiger partial charge on any atom is 0.265 e. The number of aromatic nitrogens is 4. The fraction of sp³-hybridized carbons (Fsp3) is 0.133. The molecule has 22 heavy (non-hydrogen) atoms. The fourth-order valence-corrected chi connectivity index (χ4v) is 2.03. The van der Waals surface area contributed by atoms with Crippen molar-refractivity contribution in [3.05, 3.63) is 65.9 Å². The van der Waals surface area contributed by atoms with E-state index in [1.165, 1.54) is 12.6 Å². The summed E-state index contributed by atoms with van der Waals surface area (Å²) >= 11 is 0.